The summed E-state index contributed by atoms with van der Waals surface area (Å²) in [4.78, 5) is 25.1. The van der Waals surface area contributed by atoms with E-state index in [0.717, 1.165) is 5.57 Å². The molecule has 0 aromatic heterocycles. The molecule has 29 heavy (non-hydrogen) atoms. The van der Waals surface area contributed by atoms with Crippen LogP contribution in [0.4, 0.5) is 0 Å². The minimum absolute atomic E-state index is 0.414. The molecule has 2 aromatic rings. The molecule has 3 rings (SSSR count). The summed E-state index contributed by atoms with van der Waals surface area (Å²) in [6, 6.07) is 17.5. The van der Waals surface area contributed by atoms with Crippen LogP contribution < -0.4 is 0 Å². The maximum atomic E-state index is 12.5. The molecule has 0 saturated heterocycles. The second-order valence-electron chi connectivity index (χ2n) is 8.05. The molecule has 2 aromatic carbocycles. The molecule has 1 aliphatic rings. The van der Waals surface area contributed by atoms with E-state index in [9.17, 15) is 14.7 Å². The summed E-state index contributed by atoms with van der Waals surface area (Å²) in [7, 11) is 0. The lowest BCUT2D eigenvalue weighted by Crippen LogP contribution is -2.42. The predicted molar refractivity (Wildman–Crippen MR) is 109 cm³/mol. The van der Waals surface area contributed by atoms with Crippen LogP contribution in [-0.2, 0) is 9.47 Å². The molecule has 152 valence electrons. The minimum atomic E-state index is -1.00. The summed E-state index contributed by atoms with van der Waals surface area (Å²) in [6.07, 6.45) is -0.269. The standard InChI is InChI=1S/C24H26O5/c1-16-14-19(25)21(29-23(27)18-12-8-5-9-13-18)24(2,3)15-20(16)28-22(26)17-10-6-4-7-11-17/h4-14,19-21,25H,15H2,1-3H3. The Balaban J connectivity index is 1.78. The fraction of sp³-hybridized carbons (Fsp3) is 0.333. The first-order valence-electron chi connectivity index (χ1n) is 9.66. The van der Waals surface area contributed by atoms with Gasteiger partial charge in [-0.05, 0) is 49.3 Å². The summed E-state index contributed by atoms with van der Waals surface area (Å²) >= 11 is 0. The van der Waals surface area contributed by atoms with Gasteiger partial charge in [-0.3, -0.25) is 0 Å². The predicted octanol–water partition coefficient (Wildman–Crippen LogP) is 4.17. The van der Waals surface area contributed by atoms with Crippen molar-refractivity contribution in [3.05, 3.63) is 83.4 Å². The SMILES string of the molecule is CC1=CC(O)C(OC(=O)c2ccccc2)C(C)(C)CC1OC(=O)c1ccccc1. The fourth-order valence-corrected chi connectivity index (χ4v) is 3.57. The number of hydrogen-bond donors (Lipinski definition) is 1. The largest absolute Gasteiger partial charge is 0.455 e. The molecule has 0 amide bonds. The average Bonchev–Trinajstić information content (AvgIpc) is 2.78. The van der Waals surface area contributed by atoms with Crippen molar-refractivity contribution in [3.63, 3.8) is 0 Å². The normalized spacial score (nSPS) is 23.4. The number of carbonyl (C=O) groups is 2. The number of ether oxygens (including phenoxy) is 2. The van der Waals surface area contributed by atoms with Crippen LogP contribution in [0.1, 0.15) is 47.9 Å². The highest BCUT2D eigenvalue weighted by Crippen LogP contribution is 2.38. The van der Waals surface area contributed by atoms with Crippen LogP contribution in [0.25, 0.3) is 0 Å². The van der Waals surface area contributed by atoms with Crippen LogP contribution in [-0.4, -0.2) is 35.4 Å². The van der Waals surface area contributed by atoms with E-state index in [1.54, 1.807) is 54.6 Å². The summed E-state index contributed by atoms with van der Waals surface area (Å²) < 4.78 is 11.4. The van der Waals surface area contributed by atoms with E-state index in [4.69, 9.17) is 9.47 Å². The first-order chi connectivity index (χ1) is 13.8. The van der Waals surface area contributed by atoms with Crippen LogP contribution in [0.2, 0.25) is 0 Å². The van der Waals surface area contributed by atoms with Crippen molar-refractivity contribution in [1.82, 2.24) is 0 Å². The van der Waals surface area contributed by atoms with Gasteiger partial charge in [0.1, 0.15) is 18.3 Å². The van der Waals surface area contributed by atoms with Gasteiger partial charge in [-0.25, -0.2) is 9.59 Å². The van der Waals surface area contributed by atoms with Crippen LogP contribution in [0.3, 0.4) is 0 Å². The lowest BCUT2D eigenvalue weighted by molar-refractivity contribution is -0.0620. The first kappa shape index (κ1) is 20.8. The van der Waals surface area contributed by atoms with Gasteiger partial charge in [0.15, 0.2) is 0 Å². The minimum Gasteiger partial charge on any atom is -0.455 e. The second kappa shape index (κ2) is 8.62. The van der Waals surface area contributed by atoms with E-state index in [-0.39, 0.29) is 0 Å². The smallest absolute Gasteiger partial charge is 0.338 e. The lowest BCUT2D eigenvalue weighted by Gasteiger charge is -2.35. The number of esters is 2. The number of aliphatic hydroxyl groups excluding tert-OH is 1. The Bertz CT molecular complexity index is 886. The zero-order valence-corrected chi connectivity index (χ0v) is 16.9. The molecule has 0 bridgehead atoms. The Morgan fingerprint density at radius 2 is 1.38 bits per heavy atom. The quantitative estimate of drug-likeness (QED) is 0.622. The molecule has 0 aliphatic heterocycles. The maximum absolute atomic E-state index is 12.5. The molecule has 0 fully saturated rings. The van der Waals surface area contributed by atoms with Gasteiger partial charge in [-0.1, -0.05) is 50.2 Å². The third-order valence-corrected chi connectivity index (χ3v) is 5.24. The van der Waals surface area contributed by atoms with Gasteiger partial charge in [0.25, 0.3) is 0 Å². The summed E-state index contributed by atoms with van der Waals surface area (Å²) in [5, 5.41) is 10.7. The molecule has 1 N–H and O–H groups in total. The van der Waals surface area contributed by atoms with E-state index in [1.807, 2.05) is 32.9 Å². The molecule has 5 heteroatoms. The Kier molecular flexibility index (Phi) is 6.18. The Morgan fingerprint density at radius 3 is 1.90 bits per heavy atom. The zero-order valence-electron chi connectivity index (χ0n) is 16.9. The van der Waals surface area contributed by atoms with Gasteiger partial charge in [-0.15, -0.1) is 0 Å². The molecule has 0 saturated carbocycles. The van der Waals surface area contributed by atoms with E-state index in [0.29, 0.717) is 17.5 Å². The van der Waals surface area contributed by atoms with Crippen LogP contribution in [0, 0.1) is 5.41 Å². The lowest BCUT2D eigenvalue weighted by atomic mass is 9.80. The van der Waals surface area contributed by atoms with Crippen molar-refractivity contribution in [1.29, 1.82) is 0 Å². The highest BCUT2D eigenvalue weighted by Gasteiger charge is 2.43. The van der Waals surface area contributed by atoms with Crippen molar-refractivity contribution in [2.45, 2.75) is 45.5 Å². The Morgan fingerprint density at radius 1 is 0.897 bits per heavy atom. The monoisotopic (exact) mass is 394 g/mol. The maximum Gasteiger partial charge on any atom is 0.338 e. The number of carbonyl (C=O) groups excluding carboxylic acids is 2. The Labute approximate surface area is 171 Å². The van der Waals surface area contributed by atoms with Gasteiger partial charge in [-0.2, -0.15) is 0 Å². The van der Waals surface area contributed by atoms with Gasteiger partial charge >= 0.3 is 11.9 Å². The number of rotatable bonds is 4. The summed E-state index contributed by atoms with van der Waals surface area (Å²) in [5.41, 5.74) is 0.996. The van der Waals surface area contributed by atoms with Crippen molar-refractivity contribution < 1.29 is 24.2 Å². The molecule has 3 unspecified atom stereocenters. The molecule has 0 radical (unpaired) electrons. The first-order valence-corrected chi connectivity index (χ1v) is 9.66. The highest BCUT2D eigenvalue weighted by molar-refractivity contribution is 5.90. The van der Waals surface area contributed by atoms with Gasteiger partial charge in [0.2, 0.25) is 0 Å². The molecule has 0 heterocycles. The summed E-state index contributed by atoms with van der Waals surface area (Å²) in [6.45, 7) is 5.60. The zero-order chi connectivity index (χ0) is 21.0. The molecule has 5 nitrogen and oxygen atoms in total. The average molecular weight is 394 g/mol. The molecule has 1 aliphatic carbocycles. The third-order valence-electron chi connectivity index (χ3n) is 5.24. The molecule has 0 spiro atoms. The van der Waals surface area contributed by atoms with Crippen molar-refractivity contribution >= 4 is 11.9 Å². The summed E-state index contributed by atoms with van der Waals surface area (Å²) in [5.74, 6) is -0.915. The van der Waals surface area contributed by atoms with Crippen molar-refractivity contribution in [2.75, 3.05) is 0 Å². The van der Waals surface area contributed by atoms with E-state index < -0.39 is 35.7 Å². The van der Waals surface area contributed by atoms with E-state index >= 15 is 0 Å². The van der Waals surface area contributed by atoms with Gasteiger partial charge < -0.3 is 14.6 Å². The van der Waals surface area contributed by atoms with Crippen molar-refractivity contribution in [3.8, 4) is 0 Å². The highest BCUT2D eigenvalue weighted by atomic mass is 16.6. The van der Waals surface area contributed by atoms with Crippen LogP contribution in [0.5, 0.6) is 0 Å². The second-order valence-corrected chi connectivity index (χ2v) is 8.05. The van der Waals surface area contributed by atoms with E-state index in [2.05, 4.69) is 0 Å². The van der Waals surface area contributed by atoms with Crippen molar-refractivity contribution in [2.24, 2.45) is 5.41 Å². The molecular weight excluding hydrogens is 368 g/mol. The fourth-order valence-electron chi connectivity index (χ4n) is 3.57. The Hall–Kier alpha value is -2.92. The topological polar surface area (TPSA) is 72.8 Å². The number of aliphatic hydroxyl groups is 1. The van der Waals surface area contributed by atoms with E-state index in [1.165, 1.54) is 0 Å². The van der Waals surface area contributed by atoms with Gasteiger partial charge in [0, 0.05) is 5.41 Å². The number of hydrogen-bond acceptors (Lipinski definition) is 5. The van der Waals surface area contributed by atoms with Gasteiger partial charge in [0.05, 0.1) is 11.1 Å². The number of benzene rings is 2. The van der Waals surface area contributed by atoms with Crippen LogP contribution in [0.15, 0.2) is 72.3 Å². The van der Waals surface area contributed by atoms with Crippen LogP contribution >= 0.6 is 0 Å². The molecular formula is C24H26O5. The molecule has 3 atom stereocenters. The third kappa shape index (κ3) is 4.93.